The smallest absolute Gasteiger partial charge is 0.139 e. The highest BCUT2D eigenvalue weighted by Crippen LogP contribution is 2.63. The average molecular weight is 304 g/mol. The van der Waals surface area contributed by atoms with Gasteiger partial charge in [0.05, 0.1) is 12.2 Å². The maximum Gasteiger partial charge on any atom is 0.139 e. The third-order valence-corrected chi connectivity index (χ3v) is 7.89. The number of carbonyl (C=O) groups excluding carboxylic acids is 1. The lowest BCUT2D eigenvalue weighted by Crippen LogP contribution is -2.55. The van der Waals surface area contributed by atoms with Gasteiger partial charge in [-0.25, -0.2) is 0 Å². The van der Waals surface area contributed by atoms with E-state index in [9.17, 15) is 15.0 Å². The molecule has 4 aliphatic rings. The molecule has 3 heteroatoms. The Labute approximate surface area is 132 Å². The van der Waals surface area contributed by atoms with Crippen LogP contribution in [0.4, 0.5) is 0 Å². The molecule has 4 aliphatic carbocycles. The summed E-state index contributed by atoms with van der Waals surface area (Å²) in [5.74, 6) is 1.96. The summed E-state index contributed by atoms with van der Waals surface area (Å²) in [4.78, 5) is 12.4. The average Bonchev–Trinajstić information content (AvgIpc) is 2.77. The monoisotopic (exact) mass is 304 g/mol. The van der Waals surface area contributed by atoms with Gasteiger partial charge in [-0.15, -0.1) is 0 Å². The summed E-state index contributed by atoms with van der Waals surface area (Å²) in [5.41, 5.74) is 0.977. The van der Waals surface area contributed by atoms with Crippen LogP contribution in [0.1, 0.15) is 58.8 Å². The number of aliphatic hydroxyl groups excluding tert-OH is 2. The van der Waals surface area contributed by atoms with Crippen molar-refractivity contribution in [3.8, 4) is 0 Å². The molecule has 0 aromatic carbocycles. The number of hydrogen-bond donors (Lipinski definition) is 2. The Hall–Kier alpha value is -0.670. The normalized spacial score (nSPS) is 54.3. The standard InChI is InChI=1S/C19H28O3/c1-18-8-7-15-13(14(18)5-6-16(18)21)4-3-11-9-12(20)10-17(22)19(11,15)2/h3,12-15,17,20,22H,4-10H2,1-2H3/t12-,13+,14+,15+,17+,18+,19+/m1/s1. The van der Waals surface area contributed by atoms with E-state index < -0.39 is 12.2 Å². The molecular weight excluding hydrogens is 276 g/mol. The number of rotatable bonds is 0. The zero-order valence-electron chi connectivity index (χ0n) is 13.7. The van der Waals surface area contributed by atoms with Crippen molar-refractivity contribution in [2.24, 2.45) is 28.6 Å². The molecule has 0 saturated heterocycles. The van der Waals surface area contributed by atoms with Crippen molar-refractivity contribution in [2.45, 2.75) is 71.0 Å². The molecule has 0 bridgehead atoms. The first-order valence-corrected chi connectivity index (χ1v) is 8.96. The highest BCUT2D eigenvalue weighted by Gasteiger charge is 2.60. The zero-order chi connectivity index (χ0) is 15.7. The Morgan fingerprint density at radius 3 is 2.73 bits per heavy atom. The van der Waals surface area contributed by atoms with Crippen LogP contribution in [0, 0.1) is 28.6 Å². The van der Waals surface area contributed by atoms with Crippen LogP contribution in [-0.2, 0) is 4.79 Å². The van der Waals surface area contributed by atoms with Crippen molar-refractivity contribution in [1.29, 1.82) is 0 Å². The molecule has 0 radical (unpaired) electrons. The highest BCUT2D eigenvalue weighted by molar-refractivity contribution is 5.87. The van der Waals surface area contributed by atoms with Crippen LogP contribution in [0.5, 0.6) is 0 Å². The second-order valence-electron chi connectivity index (χ2n) is 8.65. The molecular formula is C19H28O3. The molecule has 0 unspecified atom stereocenters. The molecule has 122 valence electrons. The fourth-order valence-electron chi connectivity index (χ4n) is 6.47. The van der Waals surface area contributed by atoms with Crippen LogP contribution in [0.2, 0.25) is 0 Å². The van der Waals surface area contributed by atoms with Gasteiger partial charge in [0.1, 0.15) is 5.78 Å². The lowest BCUT2D eigenvalue weighted by atomic mass is 9.47. The molecule has 0 heterocycles. The van der Waals surface area contributed by atoms with Crippen LogP contribution in [0.3, 0.4) is 0 Å². The Morgan fingerprint density at radius 2 is 1.95 bits per heavy atom. The number of carbonyl (C=O) groups is 1. The van der Waals surface area contributed by atoms with E-state index >= 15 is 0 Å². The molecule has 0 aromatic rings. The van der Waals surface area contributed by atoms with Crippen LogP contribution in [0.25, 0.3) is 0 Å². The first kappa shape index (κ1) is 14.9. The van der Waals surface area contributed by atoms with Gasteiger partial charge >= 0.3 is 0 Å². The highest BCUT2D eigenvalue weighted by atomic mass is 16.3. The number of fused-ring (bicyclic) bond motifs is 5. The number of ketones is 1. The third kappa shape index (κ3) is 1.73. The quantitative estimate of drug-likeness (QED) is 0.677. The van der Waals surface area contributed by atoms with Gasteiger partial charge in [-0.3, -0.25) is 4.79 Å². The number of Topliss-reactive ketones (excluding diaryl/α,β-unsaturated/α-hetero) is 1. The SMILES string of the molecule is C[C@]12C(=CC[C@@H]3[C@@H]1CC[C@]1(C)C(=O)CC[C@@H]31)C[C@@H](O)C[C@@H]2O. The number of aliphatic hydroxyl groups is 2. The van der Waals surface area contributed by atoms with E-state index in [0.717, 1.165) is 38.5 Å². The minimum absolute atomic E-state index is 0.109. The van der Waals surface area contributed by atoms with Gasteiger partial charge in [0.2, 0.25) is 0 Å². The van der Waals surface area contributed by atoms with E-state index in [1.807, 2.05) is 0 Å². The Balaban J connectivity index is 1.72. The van der Waals surface area contributed by atoms with E-state index in [1.165, 1.54) is 5.57 Å². The predicted octanol–water partition coefficient (Wildman–Crippen LogP) is 2.85. The van der Waals surface area contributed by atoms with Crippen molar-refractivity contribution in [1.82, 2.24) is 0 Å². The van der Waals surface area contributed by atoms with E-state index in [0.29, 0.717) is 30.0 Å². The summed E-state index contributed by atoms with van der Waals surface area (Å²) >= 11 is 0. The molecule has 3 nitrogen and oxygen atoms in total. The molecule has 0 amide bonds. The number of allylic oxidation sites excluding steroid dienone is 1. The molecule has 0 aromatic heterocycles. The van der Waals surface area contributed by atoms with Crippen molar-refractivity contribution < 1.29 is 15.0 Å². The van der Waals surface area contributed by atoms with Crippen LogP contribution in [-0.4, -0.2) is 28.2 Å². The molecule has 4 rings (SSSR count). The summed E-state index contributed by atoms with van der Waals surface area (Å²) in [6.07, 6.45) is 7.51. The second-order valence-corrected chi connectivity index (χ2v) is 8.65. The van der Waals surface area contributed by atoms with Gasteiger partial charge < -0.3 is 10.2 Å². The molecule has 3 saturated carbocycles. The summed E-state index contributed by atoms with van der Waals surface area (Å²) in [6.45, 7) is 4.40. The molecule has 7 atom stereocenters. The van der Waals surface area contributed by atoms with Crippen molar-refractivity contribution in [3.05, 3.63) is 11.6 Å². The van der Waals surface area contributed by atoms with E-state index in [1.54, 1.807) is 0 Å². The minimum Gasteiger partial charge on any atom is -0.393 e. The van der Waals surface area contributed by atoms with Crippen molar-refractivity contribution in [2.75, 3.05) is 0 Å². The van der Waals surface area contributed by atoms with Crippen LogP contribution >= 0.6 is 0 Å². The van der Waals surface area contributed by atoms with E-state index in [4.69, 9.17) is 0 Å². The summed E-state index contributed by atoms with van der Waals surface area (Å²) in [6, 6.07) is 0. The Morgan fingerprint density at radius 1 is 1.18 bits per heavy atom. The zero-order valence-corrected chi connectivity index (χ0v) is 13.7. The van der Waals surface area contributed by atoms with Gasteiger partial charge in [-0.1, -0.05) is 25.5 Å². The van der Waals surface area contributed by atoms with Crippen LogP contribution in [0.15, 0.2) is 11.6 Å². The Kier molecular flexibility index (Phi) is 3.16. The van der Waals surface area contributed by atoms with Crippen molar-refractivity contribution in [3.63, 3.8) is 0 Å². The second kappa shape index (κ2) is 4.67. The fourth-order valence-corrected chi connectivity index (χ4v) is 6.47. The topological polar surface area (TPSA) is 57.5 Å². The van der Waals surface area contributed by atoms with Crippen molar-refractivity contribution >= 4 is 5.78 Å². The van der Waals surface area contributed by atoms with Crippen LogP contribution < -0.4 is 0 Å². The molecule has 3 fully saturated rings. The molecule has 0 aliphatic heterocycles. The molecule has 0 spiro atoms. The predicted molar refractivity (Wildman–Crippen MR) is 84.1 cm³/mol. The van der Waals surface area contributed by atoms with Gasteiger partial charge in [0.15, 0.2) is 0 Å². The minimum atomic E-state index is -0.447. The maximum absolute atomic E-state index is 12.4. The van der Waals surface area contributed by atoms with Gasteiger partial charge in [0, 0.05) is 23.7 Å². The maximum atomic E-state index is 12.4. The van der Waals surface area contributed by atoms with E-state index in [-0.39, 0.29) is 10.8 Å². The molecule has 2 N–H and O–H groups in total. The summed E-state index contributed by atoms with van der Waals surface area (Å²) in [5, 5.41) is 20.8. The fraction of sp³-hybridized carbons (Fsp3) is 0.842. The van der Waals surface area contributed by atoms with Gasteiger partial charge in [0.25, 0.3) is 0 Å². The lowest BCUT2D eigenvalue weighted by Gasteiger charge is -2.58. The van der Waals surface area contributed by atoms with Gasteiger partial charge in [-0.05, 0) is 49.9 Å². The number of hydrogen-bond acceptors (Lipinski definition) is 3. The first-order valence-electron chi connectivity index (χ1n) is 8.96. The Bertz CT molecular complexity index is 539. The summed E-state index contributed by atoms with van der Waals surface area (Å²) in [7, 11) is 0. The lowest BCUT2D eigenvalue weighted by molar-refractivity contribution is -0.135. The largest absolute Gasteiger partial charge is 0.393 e. The molecule has 22 heavy (non-hydrogen) atoms. The van der Waals surface area contributed by atoms with E-state index in [2.05, 4.69) is 19.9 Å². The third-order valence-electron chi connectivity index (χ3n) is 7.89. The first-order chi connectivity index (χ1) is 10.4. The summed E-state index contributed by atoms with van der Waals surface area (Å²) < 4.78 is 0. The van der Waals surface area contributed by atoms with Gasteiger partial charge in [-0.2, -0.15) is 0 Å².